The highest BCUT2D eigenvalue weighted by Crippen LogP contribution is 2.23. The van der Waals surface area contributed by atoms with E-state index in [1.807, 2.05) is 29.2 Å². The number of aliphatic carboxylic acids is 1. The largest absolute Gasteiger partial charge is 0.483 e. The molecular weight excluding hydrogens is 316 g/mol. The third-order valence-corrected chi connectivity index (χ3v) is 4.15. The fourth-order valence-corrected chi connectivity index (χ4v) is 3.12. The molecule has 0 saturated carbocycles. The summed E-state index contributed by atoms with van der Waals surface area (Å²) in [6, 6.07) is 7.12. The van der Waals surface area contributed by atoms with Crippen molar-refractivity contribution in [1.29, 1.82) is 0 Å². The average Bonchev–Trinajstić information content (AvgIpc) is 3.10. The Bertz CT molecular complexity index is 595. The van der Waals surface area contributed by atoms with E-state index < -0.39 is 18.1 Å². The van der Waals surface area contributed by atoms with Gasteiger partial charge in [0.25, 0.3) is 6.47 Å². The minimum absolute atomic E-state index is 0.108. The molecule has 0 aromatic heterocycles. The van der Waals surface area contributed by atoms with Gasteiger partial charge in [0.1, 0.15) is 6.04 Å². The molecule has 2 atom stereocenters. The molecule has 1 aromatic rings. The first kappa shape index (κ1) is 17.9. The van der Waals surface area contributed by atoms with E-state index in [1.54, 1.807) is 0 Å². The second-order valence-corrected chi connectivity index (χ2v) is 5.81. The van der Waals surface area contributed by atoms with Crippen LogP contribution in [0, 0.1) is 0 Å². The number of hydrogen-bond donors (Lipinski definition) is 3. The summed E-state index contributed by atoms with van der Waals surface area (Å²) < 4.78 is 0. The number of aliphatic hydroxyl groups excluding tert-OH is 1. The van der Waals surface area contributed by atoms with Crippen molar-refractivity contribution in [2.75, 3.05) is 13.1 Å². The molecule has 1 saturated heterocycles. The van der Waals surface area contributed by atoms with E-state index in [1.165, 1.54) is 16.0 Å². The first-order chi connectivity index (χ1) is 11.5. The molecular formula is C16H20N2O6. The minimum atomic E-state index is -1.05. The average molecular weight is 336 g/mol. The van der Waals surface area contributed by atoms with Crippen LogP contribution in [0.1, 0.15) is 17.5 Å². The van der Waals surface area contributed by atoms with E-state index in [2.05, 4.69) is 0 Å². The molecule has 1 aromatic carbocycles. The van der Waals surface area contributed by atoms with Crippen LogP contribution in [0.25, 0.3) is 0 Å². The molecule has 24 heavy (non-hydrogen) atoms. The number of nitrogens with zero attached hydrogens (tertiary/aromatic N) is 2. The number of amides is 1. The molecule has 2 aliphatic rings. The predicted octanol–water partition coefficient (Wildman–Crippen LogP) is -0.251. The van der Waals surface area contributed by atoms with Crippen molar-refractivity contribution in [1.82, 2.24) is 9.80 Å². The van der Waals surface area contributed by atoms with Gasteiger partial charge in [-0.2, -0.15) is 0 Å². The quantitative estimate of drug-likeness (QED) is 0.651. The predicted molar refractivity (Wildman–Crippen MR) is 83.0 cm³/mol. The number of β-amino-alcohol motifs (C(OH)–C–C–N with tert-alkyl or cyclic N) is 1. The Labute approximate surface area is 138 Å². The van der Waals surface area contributed by atoms with E-state index in [0.717, 1.165) is 0 Å². The zero-order valence-corrected chi connectivity index (χ0v) is 13.0. The van der Waals surface area contributed by atoms with Gasteiger partial charge in [-0.15, -0.1) is 0 Å². The maximum Gasteiger partial charge on any atom is 0.326 e. The Morgan fingerprint density at radius 3 is 2.25 bits per heavy atom. The topological polar surface area (TPSA) is 118 Å². The summed E-state index contributed by atoms with van der Waals surface area (Å²) >= 11 is 0. The molecule has 3 N–H and O–H groups in total. The van der Waals surface area contributed by atoms with Crippen LogP contribution >= 0.6 is 0 Å². The molecule has 2 aliphatic heterocycles. The number of likely N-dealkylation sites (tertiary alicyclic amines) is 1. The summed E-state index contributed by atoms with van der Waals surface area (Å²) in [6.07, 6.45) is -0.632. The Morgan fingerprint density at radius 2 is 1.75 bits per heavy atom. The molecule has 0 bridgehead atoms. The van der Waals surface area contributed by atoms with Crippen molar-refractivity contribution in [3.05, 3.63) is 35.4 Å². The lowest BCUT2D eigenvalue weighted by Crippen LogP contribution is -2.44. The van der Waals surface area contributed by atoms with E-state index in [0.29, 0.717) is 13.1 Å². The Kier molecular flexibility index (Phi) is 5.88. The van der Waals surface area contributed by atoms with Crippen LogP contribution in [0.15, 0.2) is 24.3 Å². The normalized spacial score (nSPS) is 22.5. The summed E-state index contributed by atoms with van der Waals surface area (Å²) in [5.74, 6) is -1.28. The lowest BCUT2D eigenvalue weighted by molar-refractivity contribution is -0.148. The number of carboxylic acids is 1. The maximum absolute atomic E-state index is 12.3. The number of carbonyl (C=O) groups excluding carboxylic acids is 1. The number of rotatable bonds is 3. The summed E-state index contributed by atoms with van der Waals surface area (Å²) in [5.41, 5.74) is 2.42. The van der Waals surface area contributed by atoms with Gasteiger partial charge in [0.2, 0.25) is 5.91 Å². The van der Waals surface area contributed by atoms with Gasteiger partial charge in [-0.05, 0) is 11.1 Å². The van der Waals surface area contributed by atoms with Crippen molar-refractivity contribution in [2.45, 2.75) is 31.7 Å². The van der Waals surface area contributed by atoms with Crippen LogP contribution in [0.3, 0.4) is 0 Å². The van der Waals surface area contributed by atoms with Crippen LogP contribution < -0.4 is 0 Å². The van der Waals surface area contributed by atoms with Crippen LogP contribution in [0.2, 0.25) is 0 Å². The summed E-state index contributed by atoms with van der Waals surface area (Å²) in [5, 5.41) is 25.6. The molecule has 0 unspecified atom stereocenters. The van der Waals surface area contributed by atoms with E-state index in [-0.39, 0.29) is 31.9 Å². The highest BCUT2D eigenvalue weighted by Gasteiger charge is 2.39. The van der Waals surface area contributed by atoms with Crippen LogP contribution in [-0.2, 0) is 27.5 Å². The highest BCUT2D eigenvalue weighted by atomic mass is 16.4. The molecule has 1 fully saturated rings. The molecule has 0 aliphatic carbocycles. The van der Waals surface area contributed by atoms with Gasteiger partial charge < -0.3 is 20.2 Å². The minimum Gasteiger partial charge on any atom is -0.483 e. The Morgan fingerprint density at radius 1 is 1.21 bits per heavy atom. The van der Waals surface area contributed by atoms with E-state index >= 15 is 0 Å². The number of aliphatic hydroxyl groups is 1. The van der Waals surface area contributed by atoms with E-state index in [9.17, 15) is 14.7 Å². The molecule has 1 amide bonds. The monoisotopic (exact) mass is 336 g/mol. The standard InChI is InChI=1S/C15H18N2O4.CH2O2/c18-12-5-13(15(20)21)17(8-12)14(19)9-16-6-10-3-1-2-4-11(10)7-16;2-1-3/h1-4,12-13,18H,5-9H2,(H,20,21);1H,(H,2,3)/t12-,13+;/m1./s1. The number of carbonyl (C=O) groups is 3. The van der Waals surface area contributed by atoms with Gasteiger partial charge in [-0.1, -0.05) is 24.3 Å². The van der Waals surface area contributed by atoms with Gasteiger partial charge in [-0.25, -0.2) is 4.79 Å². The second kappa shape index (κ2) is 7.89. The van der Waals surface area contributed by atoms with Crippen LogP contribution in [0.5, 0.6) is 0 Å². The van der Waals surface area contributed by atoms with Crippen molar-refractivity contribution in [3.8, 4) is 0 Å². The Hall–Kier alpha value is -2.45. The molecule has 0 spiro atoms. The lowest BCUT2D eigenvalue weighted by Gasteiger charge is -2.24. The molecule has 3 rings (SSSR count). The van der Waals surface area contributed by atoms with Gasteiger partial charge in [0.15, 0.2) is 0 Å². The fraction of sp³-hybridized carbons (Fsp3) is 0.438. The van der Waals surface area contributed by atoms with Crippen molar-refractivity contribution in [3.63, 3.8) is 0 Å². The van der Waals surface area contributed by atoms with Gasteiger partial charge in [0, 0.05) is 26.1 Å². The maximum atomic E-state index is 12.3. The lowest BCUT2D eigenvalue weighted by atomic mass is 10.1. The van der Waals surface area contributed by atoms with Gasteiger partial charge >= 0.3 is 5.97 Å². The van der Waals surface area contributed by atoms with Gasteiger partial charge in [-0.3, -0.25) is 14.5 Å². The van der Waals surface area contributed by atoms with Crippen molar-refractivity contribution in [2.24, 2.45) is 0 Å². The highest BCUT2D eigenvalue weighted by molar-refractivity contribution is 5.85. The fourth-order valence-electron chi connectivity index (χ4n) is 3.12. The number of hydrogen-bond acceptors (Lipinski definition) is 5. The molecule has 130 valence electrons. The summed E-state index contributed by atoms with van der Waals surface area (Å²) in [6.45, 7) is 1.45. The van der Waals surface area contributed by atoms with Crippen molar-refractivity contribution < 1.29 is 29.7 Å². The number of carboxylic acid groups (broad SMARTS) is 2. The molecule has 8 nitrogen and oxygen atoms in total. The Balaban J connectivity index is 0.000000647. The third-order valence-electron chi connectivity index (χ3n) is 4.15. The summed E-state index contributed by atoms with van der Waals surface area (Å²) in [7, 11) is 0. The van der Waals surface area contributed by atoms with Crippen molar-refractivity contribution >= 4 is 18.3 Å². The van der Waals surface area contributed by atoms with Crippen LogP contribution in [-0.4, -0.2) is 68.7 Å². The zero-order valence-electron chi connectivity index (χ0n) is 13.0. The van der Waals surface area contributed by atoms with Gasteiger partial charge in [0.05, 0.1) is 12.6 Å². The first-order valence-electron chi connectivity index (χ1n) is 7.53. The first-order valence-corrected chi connectivity index (χ1v) is 7.53. The summed E-state index contributed by atoms with van der Waals surface area (Å²) in [4.78, 5) is 35.1. The smallest absolute Gasteiger partial charge is 0.326 e. The molecule has 0 radical (unpaired) electrons. The molecule has 2 heterocycles. The number of fused-ring (bicyclic) bond motifs is 1. The second-order valence-electron chi connectivity index (χ2n) is 5.81. The third kappa shape index (κ3) is 4.09. The SMILES string of the molecule is O=C(O)[C@@H]1C[C@@H](O)CN1C(=O)CN1Cc2ccccc2C1.O=CO. The number of benzene rings is 1. The van der Waals surface area contributed by atoms with Crippen LogP contribution in [0.4, 0.5) is 0 Å². The zero-order chi connectivity index (χ0) is 17.7. The molecule has 8 heteroatoms. The van der Waals surface area contributed by atoms with E-state index in [4.69, 9.17) is 15.0 Å².